The number of rotatable bonds is 3. The highest BCUT2D eigenvalue weighted by Gasteiger charge is 2.05. The molecule has 1 aromatic carbocycles. The molecule has 0 saturated heterocycles. The van der Waals surface area contributed by atoms with Crippen molar-refractivity contribution < 1.29 is 4.74 Å². The van der Waals surface area contributed by atoms with Crippen LogP contribution in [0, 0.1) is 0 Å². The van der Waals surface area contributed by atoms with Gasteiger partial charge in [-0.3, -0.25) is 9.97 Å². The topological polar surface area (TPSA) is 35.0 Å². The fourth-order valence-electron chi connectivity index (χ4n) is 1.93. The lowest BCUT2D eigenvalue weighted by atomic mass is 10.1. The van der Waals surface area contributed by atoms with Crippen LogP contribution in [-0.4, -0.2) is 9.97 Å². The standard InChI is InChI=1S/C15H11BrN2O/c16-13-8-11-2-1-5-18-15(11)12(9-13)10-19-14-3-6-17-7-4-14/h1-9H,10H2. The molecule has 0 spiro atoms. The van der Waals surface area contributed by atoms with E-state index in [-0.39, 0.29) is 0 Å². The predicted molar refractivity (Wildman–Crippen MR) is 78.0 cm³/mol. The first-order valence-electron chi connectivity index (χ1n) is 5.89. The fraction of sp³-hybridized carbons (Fsp3) is 0.0667. The molecule has 0 N–H and O–H groups in total. The van der Waals surface area contributed by atoms with E-state index in [4.69, 9.17) is 4.74 Å². The first kappa shape index (κ1) is 12.1. The third-order valence-corrected chi connectivity index (χ3v) is 3.25. The Bertz CT molecular complexity index is 701. The molecule has 3 aromatic rings. The number of halogens is 1. The lowest BCUT2D eigenvalue weighted by molar-refractivity contribution is 0.307. The van der Waals surface area contributed by atoms with Gasteiger partial charge in [-0.2, -0.15) is 0 Å². The molecular formula is C15H11BrN2O. The van der Waals surface area contributed by atoms with Crippen molar-refractivity contribution >= 4 is 26.8 Å². The normalized spacial score (nSPS) is 10.6. The number of aromatic nitrogens is 2. The minimum absolute atomic E-state index is 0.483. The molecule has 0 amide bonds. The third-order valence-electron chi connectivity index (χ3n) is 2.79. The van der Waals surface area contributed by atoms with Crippen molar-refractivity contribution in [2.75, 3.05) is 0 Å². The zero-order chi connectivity index (χ0) is 13.1. The first-order valence-corrected chi connectivity index (χ1v) is 6.68. The number of ether oxygens (including phenoxy) is 1. The van der Waals surface area contributed by atoms with E-state index in [0.29, 0.717) is 6.61 Å². The summed E-state index contributed by atoms with van der Waals surface area (Å²) < 4.78 is 6.78. The molecule has 19 heavy (non-hydrogen) atoms. The predicted octanol–water partition coefficient (Wildman–Crippen LogP) is 3.97. The molecule has 0 unspecified atom stereocenters. The number of benzene rings is 1. The van der Waals surface area contributed by atoms with Crippen LogP contribution < -0.4 is 4.74 Å². The van der Waals surface area contributed by atoms with E-state index in [1.807, 2.05) is 30.3 Å². The summed E-state index contributed by atoms with van der Waals surface area (Å²) in [5.41, 5.74) is 2.03. The molecule has 94 valence electrons. The molecule has 0 aliphatic carbocycles. The molecule has 0 aliphatic heterocycles. The van der Waals surface area contributed by atoms with E-state index in [0.717, 1.165) is 26.7 Å². The summed E-state index contributed by atoms with van der Waals surface area (Å²) in [5, 5.41) is 1.10. The van der Waals surface area contributed by atoms with Crippen molar-refractivity contribution in [1.29, 1.82) is 0 Å². The Labute approximate surface area is 119 Å². The van der Waals surface area contributed by atoms with Crippen molar-refractivity contribution in [1.82, 2.24) is 9.97 Å². The van der Waals surface area contributed by atoms with Gasteiger partial charge in [-0.15, -0.1) is 0 Å². The molecule has 2 heterocycles. The summed E-state index contributed by atoms with van der Waals surface area (Å²) in [7, 11) is 0. The summed E-state index contributed by atoms with van der Waals surface area (Å²) >= 11 is 3.52. The number of hydrogen-bond acceptors (Lipinski definition) is 3. The van der Waals surface area contributed by atoms with Gasteiger partial charge in [-0.25, -0.2) is 0 Å². The highest BCUT2D eigenvalue weighted by atomic mass is 79.9. The first-order chi connectivity index (χ1) is 9.33. The Balaban J connectivity index is 1.92. The van der Waals surface area contributed by atoms with Gasteiger partial charge < -0.3 is 4.74 Å². The Morgan fingerprint density at radius 2 is 1.89 bits per heavy atom. The van der Waals surface area contributed by atoms with E-state index >= 15 is 0 Å². The largest absolute Gasteiger partial charge is 0.489 e. The monoisotopic (exact) mass is 314 g/mol. The molecule has 0 radical (unpaired) electrons. The quantitative estimate of drug-likeness (QED) is 0.733. The molecule has 2 aromatic heterocycles. The van der Waals surface area contributed by atoms with Crippen molar-refractivity contribution in [3.8, 4) is 5.75 Å². The summed E-state index contributed by atoms with van der Waals surface area (Å²) in [6.45, 7) is 0.483. The highest BCUT2D eigenvalue weighted by Crippen LogP contribution is 2.23. The van der Waals surface area contributed by atoms with Crippen LogP contribution in [0.15, 0.2) is 59.5 Å². The third kappa shape index (κ3) is 2.74. The molecule has 0 bridgehead atoms. The molecule has 0 aliphatic rings. The van der Waals surface area contributed by atoms with Gasteiger partial charge in [0.2, 0.25) is 0 Å². The maximum atomic E-state index is 5.75. The molecule has 0 saturated carbocycles. The fourth-order valence-corrected chi connectivity index (χ4v) is 2.46. The molecule has 0 fully saturated rings. The average Bonchev–Trinajstić information content (AvgIpc) is 2.45. The van der Waals surface area contributed by atoms with Gasteiger partial charge in [0.25, 0.3) is 0 Å². The van der Waals surface area contributed by atoms with Crippen molar-refractivity contribution in [2.45, 2.75) is 6.61 Å². The minimum atomic E-state index is 0.483. The van der Waals surface area contributed by atoms with E-state index in [1.54, 1.807) is 18.6 Å². The zero-order valence-electron chi connectivity index (χ0n) is 10.1. The maximum absolute atomic E-state index is 5.75. The second kappa shape index (κ2) is 5.36. The van der Waals surface area contributed by atoms with Gasteiger partial charge in [0.05, 0.1) is 5.52 Å². The maximum Gasteiger partial charge on any atom is 0.122 e. The Morgan fingerprint density at radius 3 is 2.74 bits per heavy atom. The average molecular weight is 315 g/mol. The zero-order valence-corrected chi connectivity index (χ0v) is 11.7. The van der Waals surface area contributed by atoms with Crippen molar-refractivity contribution in [3.05, 3.63) is 65.0 Å². The summed E-state index contributed by atoms with van der Waals surface area (Å²) in [4.78, 5) is 8.39. The van der Waals surface area contributed by atoms with Gasteiger partial charge >= 0.3 is 0 Å². The Kier molecular flexibility index (Phi) is 3.42. The van der Waals surface area contributed by atoms with Crippen LogP contribution in [0.2, 0.25) is 0 Å². The minimum Gasteiger partial charge on any atom is -0.489 e. The summed E-state index contributed by atoms with van der Waals surface area (Å²) in [5.74, 6) is 0.805. The van der Waals surface area contributed by atoms with Crippen molar-refractivity contribution in [3.63, 3.8) is 0 Å². The SMILES string of the molecule is Brc1cc(COc2ccncc2)c2ncccc2c1. The van der Waals surface area contributed by atoms with Gasteiger partial charge in [0, 0.05) is 34.0 Å². The van der Waals surface area contributed by atoms with Crippen LogP contribution >= 0.6 is 15.9 Å². The van der Waals surface area contributed by atoms with Crippen LogP contribution in [-0.2, 0) is 6.61 Å². The number of nitrogens with zero attached hydrogens (tertiary/aromatic N) is 2. The lowest BCUT2D eigenvalue weighted by Crippen LogP contribution is -1.97. The summed E-state index contributed by atoms with van der Waals surface area (Å²) in [6.07, 6.45) is 5.23. The number of hydrogen-bond donors (Lipinski definition) is 0. The van der Waals surface area contributed by atoms with Gasteiger partial charge in [0.15, 0.2) is 0 Å². The smallest absolute Gasteiger partial charge is 0.122 e. The second-order valence-corrected chi connectivity index (χ2v) is 5.03. The lowest BCUT2D eigenvalue weighted by Gasteiger charge is -2.09. The molecule has 3 nitrogen and oxygen atoms in total. The summed E-state index contributed by atoms with van der Waals surface area (Å²) in [6, 6.07) is 11.8. The van der Waals surface area contributed by atoms with Crippen LogP contribution in [0.3, 0.4) is 0 Å². The van der Waals surface area contributed by atoms with E-state index in [1.165, 1.54) is 0 Å². The molecule has 4 heteroatoms. The van der Waals surface area contributed by atoms with Crippen LogP contribution in [0.1, 0.15) is 5.56 Å². The van der Waals surface area contributed by atoms with Crippen molar-refractivity contribution in [2.24, 2.45) is 0 Å². The second-order valence-electron chi connectivity index (χ2n) is 4.11. The highest BCUT2D eigenvalue weighted by molar-refractivity contribution is 9.10. The Hall–Kier alpha value is -1.94. The van der Waals surface area contributed by atoms with E-state index < -0.39 is 0 Å². The molecular weight excluding hydrogens is 304 g/mol. The van der Waals surface area contributed by atoms with E-state index in [2.05, 4.69) is 32.0 Å². The number of fused-ring (bicyclic) bond motifs is 1. The van der Waals surface area contributed by atoms with Gasteiger partial charge in [-0.05, 0) is 30.3 Å². The Morgan fingerprint density at radius 1 is 1.05 bits per heavy atom. The van der Waals surface area contributed by atoms with Crippen LogP contribution in [0.5, 0.6) is 5.75 Å². The molecule has 0 atom stereocenters. The number of pyridine rings is 2. The van der Waals surface area contributed by atoms with Gasteiger partial charge in [0.1, 0.15) is 12.4 Å². The van der Waals surface area contributed by atoms with E-state index in [9.17, 15) is 0 Å². The van der Waals surface area contributed by atoms with Crippen LogP contribution in [0.4, 0.5) is 0 Å². The van der Waals surface area contributed by atoms with Crippen LogP contribution in [0.25, 0.3) is 10.9 Å². The van der Waals surface area contributed by atoms with Gasteiger partial charge in [-0.1, -0.05) is 22.0 Å². The molecule has 3 rings (SSSR count).